The van der Waals surface area contributed by atoms with E-state index in [1.807, 2.05) is 18.2 Å². The van der Waals surface area contributed by atoms with E-state index >= 15 is 0 Å². The molecule has 0 aliphatic carbocycles. The van der Waals surface area contributed by atoms with Crippen LogP contribution in [0.2, 0.25) is 0 Å². The number of piperidine rings is 1. The molecule has 182 valence electrons. The average Bonchev–Trinajstić information content (AvgIpc) is 3.21. The molecule has 3 N–H and O–H groups in total. The standard InChI is InChI=1S/C25H29N3O5.ClH/c29-21-14-19-23(15-22(21)30)33-27-25(19)17-7-10-28(11-8-17)9-1-2-12-32-18-5-3-16-4-6-24(31)26-20(16)13-18;/h3,5,13-15,17,29-30H,1-2,4,6-12H2,(H,26,31);1H. The molecule has 0 saturated carbocycles. The van der Waals surface area contributed by atoms with Gasteiger partial charge in [0.2, 0.25) is 5.91 Å². The molecule has 1 saturated heterocycles. The normalized spacial score (nSPS) is 16.6. The monoisotopic (exact) mass is 487 g/mol. The van der Waals surface area contributed by atoms with Gasteiger partial charge in [0.05, 0.1) is 12.3 Å². The molecule has 0 atom stereocenters. The highest BCUT2D eigenvalue weighted by Gasteiger charge is 2.25. The number of ether oxygens (including phenoxy) is 1. The van der Waals surface area contributed by atoms with Gasteiger partial charge in [0.15, 0.2) is 17.1 Å². The number of aromatic hydroxyl groups is 2. The van der Waals surface area contributed by atoms with E-state index in [4.69, 9.17) is 9.26 Å². The van der Waals surface area contributed by atoms with E-state index < -0.39 is 0 Å². The summed E-state index contributed by atoms with van der Waals surface area (Å²) in [6, 6.07) is 8.90. The number of anilines is 1. The maximum absolute atomic E-state index is 11.6. The SMILES string of the molecule is Cl.O=C1CCc2ccc(OCCCCN3CCC(c4noc5cc(O)c(O)cc45)CC3)cc2N1. The van der Waals surface area contributed by atoms with Crippen LogP contribution < -0.4 is 10.1 Å². The van der Waals surface area contributed by atoms with E-state index in [9.17, 15) is 15.0 Å². The Bertz CT molecular complexity index is 1160. The summed E-state index contributed by atoms with van der Waals surface area (Å²) >= 11 is 0. The third-order valence-electron chi connectivity index (χ3n) is 6.68. The van der Waals surface area contributed by atoms with Gasteiger partial charge in [-0.2, -0.15) is 0 Å². The fourth-order valence-corrected chi connectivity index (χ4v) is 4.77. The molecule has 3 heterocycles. The Morgan fingerprint density at radius 1 is 1.09 bits per heavy atom. The Morgan fingerprint density at radius 2 is 1.88 bits per heavy atom. The van der Waals surface area contributed by atoms with E-state index in [-0.39, 0.29) is 29.8 Å². The van der Waals surface area contributed by atoms with Crippen LogP contribution >= 0.6 is 12.4 Å². The molecule has 8 nitrogen and oxygen atoms in total. The van der Waals surface area contributed by atoms with Gasteiger partial charge in [0.1, 0.15) is 5.75 Å². The van der Waals surface area contributed by atoms with Crippen LogP contribution in [-0.2, 0) is 11.2 Å². The van der Waals surface area contributed by atoms with Crippen LogP contribution in [0.25, 0.3) is 11.0 Å². The summed E-state index contributed by atoms with van der Waals surface area (Å²) in [5.74, 6) is 0.821. The van der Waals surface area contributed by atoms with E-state index in [1.165, 1.54) is 11.6 Å². The molecule has 5 rings (SSSR count). The number of nitrogens with zero attached hydrogens (tertiary/aromatic N) is 2. The molecular formula is C25H30ClN3O5. The summed E-state index contributed by atoms with van der Waals surface area (Å²) in [7, 11) is 0. The van der Waals surface area contributed by atoms with E-state index in [0.717, 1.165) is 74.3 Å². The lowest BCUT2D eigenvalue weighted by molar-refractivity contribution is -0.116. The lowest BCUT2D eigenvalue weighted by Gasteiger charge is -2.31. The predicted molar refractivity (Wildman–Crippen MR) is 131 cm³/mol. The number of likely N-dealkylation sites (tertiary alicyclic amines) is 1. The van der Waals surface area contributed by atoms with Gasteiger partial charge in [-0.1, -0.05) is 11.2 Å². The zero-order chi connectivity index (χ0) is 22.8. The molecule has 9 heteroatoms. The Balaban J connectivity index is 0.00000274. The number of nitrogens with one attached hydrogen (secondary N) is 1. The first-order chi connectivity index (χ1) is 16.1. The van der Waals surface area contributed by atoms with Crippen LogP contribution in [0.3, 0.4) is 0 Å². The Morgan fingerprint density at radius 3 is 2.71 bits per heavy atom. The largest absolute Gasteiger partial charge is 0.504 e. The molecule has 2 aliphatic heterocycles. The van der Waals surface area contributed by atoms with Gasteiger partial charge in [-0.3, -0.25) is 4.79 Å². The Labute approximate surface area is 204 Å². The molecule has 0 radical (unpaired) electrons. The van der Waals surface area contributed by atoms with Gasteiger partial charge in [-0.05, 0) is 69.4 Å². The molecular weight excluding hydrogens is 458 g/mol. The average molecular weight is 488 g/mol. The minimum Gasteiger partial charge on any atom is -0.504 e. The molecule has 0 bridgehead atoms. The number of rotatable bonds is 7. The van der Waals surface area contributed by atoms with Crippen molar-refractivity contribution in [2.45, 2.75) is 44.4 Å². The van der Waals surface area contributed by atoms with Gasteiger partial charge >= 0.3 is 0 Å². The lowest BCUT2D eigenvalue weighted by atomic mass is 9.91. The molecule has 1 amide bonds. The number of hydrogen-bond acceptors (Lipinski definition) is 7. The number of amides is 1. The van der Waals surface area contributed by atoms with Crippen molar-refractivity contribution in [1.29, 1.82) is 0 Å². The number of unbranched alkanes of at least 4 members (excludes halogenated alkanes) is 1. The first-order valence-corrected chi connectivity index (χ1v) is 11.7. The molecule has 1 aromatic heterocycles. The molecule has 3 aromatic rings. The van der Waals surface area contributed by atoms with Crippen LogP contribution in [0.4, 0.5) is 5.69 Å². The second-order valence-corrected chi connectivity index (χ2v) is 8.94. The molecule has 0 unspecified atom stereocenters. The number of fused-ring (bicyclic) bond motifs is 2. The number of benzene rings is 2. The fourth-order valence-electron chi connectivity index (χ4n) is 4.77. The molecule has 34 heavy (non-hydrogen) atoms. The van der Waals surface area contributed by atoms with Gasteiger partial charge < -0.3 is 29.7 Å². The lowest BCUT2D eigenvalue weighted by Crippen LogP contribution is -2.34. The number of carbonyl (C=O) groups excluding carboxylic acids is 1. The minimum atomic E-state index is -0.192. The Hall–Kier alpha value is -2.97. The van der Waals surface area contributed by atoms with Gasteiger partial charge in [0, 0.05) is 35.5 Å². The van der Waals surface area contributed by atoms with Crippen LogP contribution in [0.15, 0.2) is 34.9 Å². The fraction of sp³-hybridized carbons (Fsp3) is 0.440. The van der Waals surface area contributed by atoms with Crippen molar-refractivity contribution in [2.75, 3.05) is 31.6 Å². The van der Waals surface area contributed by atoms with Crippen molar-refractivity contribution >= 4 is 35.0 Å². The first kappa shape index (κ1) is 24.2. The molecule has 0 spiro atoms. The third kappa shape index (κ3) is 5.23. The highest BCUT2D eigenvalue weighted by atomic mass is 35.5. The van der Waals surface area contributed by atoms with Crippen molar-refractivity contribution < 1.29 is 24.3 Å². The van der Waals surface area contributed by atoms with Crippen LogP contribution in [-0.4, -0.2) is 52.4 Å². The van der Waals surface area contributed by atoms with E-state index in [0.29, 0.717) is 24.5 Å². The summed E-state index contributed by atoms with van der Waals surface area (Å²) in [5.41, 5.74) is 3.41. The van der Waals surface area contributed by atoms with Crippen LogP contribution in [0.5, 0.6) is 17.2 Å². The van der Waals surface area contributed by atoms with Crippen molar-refractivity contribution in [3.8, 4) is 17.2 Å². The summed E-state index contributed by atoms with van der Waals surface area (Å²) in [5, 5.41) is 27.4. The summed E-state index contributed by atoms with van der Waals surface area (Å²) in [6.07, 6.45) is 5.35. The topological polar surface area (TPSA) is 108 Å². The van der Waals surface area contributed by atoms with Gasteiger partial charge in [-0.25, -0.2) is 0 Å². The van der Waals surface area contributed by atoms with Crippen molar-refractivity contribution in [2.24, 2.45) is 0 Å². The molecule has 2 aliphatic rings. The van der Waals surface area contributed by atoms with Crippen LogP contribution in [0, 0.1) is 0 Å². The number of carbonyl (C=O) groups is 1. The molecule has 1 fully saturated rings. The number of halogens is 1. The van der Waals surface area contributed by atoms with Crippen molar-refractivity contribution in [1.82, 2.24) is 10.1 Å². The number of phenolic OH excluding ortho intramolecular Hbond substituents is 2. The van der Waals surface area contributed by atoms with Crippen molar-refractivity contribution in [3.05, 3.63) is 41.6 Å². The first-order valence-electron chi connectivity index (χ1n) is 11.7. The quantitative estimate of drug-likeness (QED) is 0.330. The van der Waals surface area contributed by atoms with Gasteiger partial charge in [-0.15, -0.1) is 12.4 Å². The van der Waals surface area contributed by atoms with E-state index in [1.54, 1.807) is 6.07 Å². The summed E-state index contributed by atoms with van der Waals surface area (Å²) in [4.78, 5) is 14.0. The highest BCUT2D eigenvalue weighted by Crippen LogP contribution is 2.37. The second-order valence-electron chi connectivity index (χ2n) is 8.94. The summed E-state index contributed by atoms with van der Waals surface area (Å²) < 4.78 is 11.3. The number of hydrogen-bond donors (Lipinski definition) is 3. The van der Waals surface area contributed by atoms with Crippen LogP contribution in [0.1, 0.15) is 49.3 Å². The zero-order valence-electron chi connectivity index (χ0n) is 19.0. The zero-order valence-corrected chi connectivity index (χ0v) is 19.8. The maximum atomic E-state index is 11.6. The number of aromatic nitrogens is 1. The summed E-state index contributed by atoms with van der Waals surface area (Å²) in [6.45, 7) is 3.68. The minimum absolute atomic E-state index is 0. The number of aryl methyl sites for hydroxylation is 1. The predicted octanol–water partition coefficient (Wildman–Crippen LogP) is 4.58. The number of phenols is 2. The molecule has 2 aromatic carbocycles. The Kier molecular flexibility index (Phi) is 7.48. The second kappa shape index (κ2) is 10.5. The maximum Gasteiger partial charge on any atom is 0.224 e. The highest BCUT2D eigenvalue weighted by molar-refractivity contribution is 5.94. The van der Waals surface area contributed by atoms with Crippen molar-refractivity contribution in [3.63, 3.8) is 0 Å². The third-order valence-corrected chi connectivity index (χ3v) is 6.68. The van der Waals surface area contributed by atoms with E-state index in [2.05, 4.69) is 15.4 Å². The smallest absolute Gasteiger partial charge is 0.224 e. The van der Waals surface area contributed by atoms with Gasteiger partial charge in [0.25, 0.3) is 0 Å².